The van der Waals surface area contributed by atoms with Crippen molar-refractivity contribution < 1.29 is 4.74 Å². The second-order valence-corrected chi connectivity index (χ2v) is 6.98. The van der Waals surface area contributed by atoms with Gasteiger partial charge < -0.3 is 9.64 Å². The zero-order valence-electron chi connectivity index (χ0n) is 14.1. The van der Waals surface area contributed by atoms with Crippen LogP contribution >= 0.6 is 11.3 Å². The van der Waals surface area contributed by atoms with Gasteiger partial charge in [-0.3, -0.25) is 14.1 Å². The Balaban J connectivity index is 1.42. The number of hydrogen-bond donors (Lipinski definition) is 0. The lowest BCUT2D eigenvalue weighted by Gasteiger charge is -2.36. The van der Waals surface area contributed by atoms with E-state index in [0.29, 0.717) is 0 Å². The molecule has 2 aromatic heterocycles. The molecule has 1 aromatic carbocycles. The molecule has 6 nitrogen and oxygen atoms in total. The lowest BCUT2D eigenvalue weighted by Crippen LogP contribution is -2.46. The Morgan fingerprint density at radius 2 is 2.04 bits per heavy atom. The first kappa shape index (κ1) is 16.1. The molecule has 1 aliphatic heterocycles. The van der Waals surface area contributed by atoms with E-state index in [1.54, 1.807) is 23.8 Å². The summed E-state index contributed by atoms with van der Waals surface area (Å²) in [6.07, 6.45) is 1.77. The van der Waals surface area contributed by atoms with Crippen molar-refractivity contribution in [3.05, 3.63) is 58.0 Å². The van der Waals surface area contributed by atoms with Crippen molar-refractivity contribution in [2.75, 3.05) is 38.2 Å². The van der Waals surface area contributed by atoms with Crippen LogP contribution in [0.15, 0.2) is 46.7 Å². The van der Waals surface area contributed by atoms with Crippen LogP contribution in [0.25, 0.3) is 4.96 Å². The number of benzene rings is 1. The number of aromatic nitrogens is 2. The molecule has 0 N–H and O–H groups in total. The zero-order chi connectivity index (χ0) is 17.2. The zero-order valence-corrected chi connectivity index (χ0v) is 14.9. The van der Waals surface area contributed by atoms with Crippen molar-refractivity contribution in [1.29, 1.82) is 0 Å². The molecule has 0 amide bonds. The van der Waals surface area contributed by atoms with Crippen LogP contribution in [0.3, 0.4) is 0 Å². The summed E-state index contributed by atoms with van der Waals surface area (Å²) < 4.78 is 6.90. The van der Waals surface area contributed by atoms with Crippen molar-refractivity contribution >= 4 is 22.0 Å². The number of nitrogens with zero attached hydrogens (tertiary/aromatic N) is 4. The van der Waals surface area contributed by atoms with Gasteiger partial charge in [-0.2, -0.15) is 0 Å². The molecule has 0 bridgehead atoms. The summed E-state index contributed by atoms with van der Waals surface area (Å²) >= 11 is 1.49. The summed E-state index contributed by atoms with van der Waals surface area (Å²) in [7, 11) is 1.69. The standard InChI is InChI=1S/C18H20N4O2S/c1-24-16-4-2-3-15(12-16)21-7-5-20(6-8-21)13-14-11-17(23)22-9-10-25-18(22)19-14/h2-4,9-12H,5-8,13H2,1H3. The van der Waals surface area contributed by atoms with E-state index in [0.717, 1.165) is 49.1 Å². The predicted molar refractivity (Wildman–Crippen MR) is 99.8 cm³/mol. The molecule has 3 heterocycles. The predicted octanol–water partition coefficient (Wildman–Crippen LogP) is 2.09. The first-order chi connectivity index (χ1) is 12.2. The van der Waals surface area contributed by atoms with Gasteiger partial charge in [-0.1, -0.05) is 6.07 Å². The number of rotatable bonds is 4. The maximum Gasteiger partial charge on any atom is 0.258 e. The van der Waals surface area contributed by atoms with Gasteiger partial charge in [-0.05, 0) is 12.1 Å². The summed E-state index contributed by atoms with van der Waals surface area (Å²) in [6.45, 7) is 4.52. The molecule has 1 aliphatic rings. The lowest BCUT2D eigenvalue weighted by atomic mass is 10.2. The summed E-state index contributed by atoms with van der Waals surface area (Å²) in [5.41, 5.74) is 2.04. The van der Waals surface area contributed by atoms with E-state index in [1.807, 2.05) is 17.5 Å². The Labute approximate surface area is 149 Å². The third kappa shape index (κ3) is 3.38. The van der Waals surface area contributed by atoms with Gasteiger partial charge in [0.1, 0.15) is 5.75 Å². The number of hydrogen-bond acceptors (Lipinski definition) is 6. The molecule has 4 rings (SSSR count). The first-order valence-corrected chi connectivity index (χ1v) is 9.18. The van der Waals surface area contributed by atoms with Crippen molar-refractivity contribution in [2.45, 2.75) is 6.54 Å². The number of fused-ring (bicyclic) bond motifs is 1. The van der Waals surface area contributed by atoms with Crippen molar-refractivity contribution in [2.24, 2.45) is 0 Å². The summed E-state index contributed by atoms with van der Waals surface area (Å²) in [4.78, 5) is 22.2. The normalized spacial score (nSPS) is 15.6. The fourth-order valence-corrected chi connectivity index (χ4v) is 3.91. The second kappa shape index (κ2) is 6.85. The highest BCUT2D eigenvalue weighted by Gasteiger charge is 2.18. The Bertz CT molecular complexity index is 928. The minimum Gasteiger partial charge on any atom is -0.497 e. The molecule has 1 fully saturated rings. The SMILES string of the molecule is COc1cccc(N2CCN(Cc3cc(=O)n4ccsc4n3)CC2)c1. The van der Waals surface area contributed by atoms with Gasteiger partial charge in [0.05, 0.1) is 12.8 Å². The average molecular weight is 356 g/mol. The number of anilines is 1. The fraction of sp³-hybridized carbons (Fsp3) is 0.333. The molecule has 25 heavy (non-hydrogen) atoms. The smallest absolute Gasteiger partial charge is 0.258 e. The van der Waals surface area contributed by atoms with Gasteiger partial charge in [0.15, 0.2) is 4.96 Å². The minimum absolute atomic E-state index is 0.00346. The van der Waals surface area contributed by atoms with E-state index in [2.05, 4.69) is 26.9 Å². The van der Waals surface area contributed by atoms with Crippen molar-refractivity contribution in [1.82, 2.24) is 14.3 Å². The quantitative estimate of drug-likeness (QED) is 0.716. The van der Waals surface area contributed by atoms with Crippen molar-refractivity contribution in [3.63, 3.8) is 0 Å². The van der Waals surface area contributed by atoms with Crippen molar-refractivity contribution in [3.8, 4) is 5.75 Å². The monoisotopic (exact) mass is 356 g/mol. The molecule has 130 valence electrons. The first-order valence-electron chi connectivity index (χ1n) is 8.30. The molecule has 0 saturated carbocycles. The van der Waals surface area contributed by atoms with Crippen LogP contribution in [0.1, 0.15) is 5.69 Å². The van der Waals surface area contributed by atoms with E-state index in [4.69, 9.17) is 4.74 Å². The highest BCUT2D eigenvalue weighted by atomic mass is 32.1. The Morgan fingerprint density at radius 1 is 1.20 bits per heavy atom. The molecule has 0 aliphatic carbocycles. The summed E-state index contributed by atoms with van der Waals surface area (Å²) in [6, 6.07) is 9.82. The number of ether oxygens (including phenoxy) is 1. The molecule has 0 radical (unpaired) electrons. The van der Waals surface area contributed by atoms with Gasteiger partial charge in [-0.25, -0.2) is 4.98 Å². The molecule has 0 spiro atoms. The van der Waals surface area contributed by atoms with E-state index in [-0.39, 0.29) is 5.56 Å². The maximum atomic E-state index is 12.1. The number of methoxy groups -OCH3 is 1. The van der Waals surface area contributed by atoms with E-state index in [1.165, 1.54) is 17.0 Å². The second-order valence-electron chi connectivity index (χ2n) is 6.11. The maximum absolute atomic E-state index is 12.1. The highest BCUT2D eigenvalue weighted by molar-refractivity contribution is 7.15. The number of piperazine rings is 1. The average Bonchev–Trinajstić information content (AvgIpc) is 3.11. The van der Waals surface area contributed by atoms with Crippen LogP contribution in [-0.2, 0) is 6.54 Å². The van der Waals surface area contributed by atoms with Gasteiger partial charge in [0, 0.05) is 62.1 Å². The van der Waals surface area contributed by atoms with E-state index < -0.39 is 0 Å². The summed E-state index contributed by atoms with van der Waals surface area (Å²) in [5, 5.41) is 1.89. The van der Waals surface area contributed by atoms with Crippen LogP contribution in [0.2, 0.25) is 0 Å². The topological polar surface area (TPSA) is 50.1 Å². The largest absolute Gasteiger partial charge is 0.497 e. The third-order valence-corrected chi connectivity index (χ3v) is 5.29. The van der Waals surface area contributed by atoms with Gasteiger partial charge in [0.2, 0.25) is 0 Å². The Morgan fingerprint density at radius 3 is 2.84 bits per heavy atom. The molecule has 1 saturated heterocycles. The van der Waals surface area contributed by atoms with Gasteiger partial charge in [-0.15, -0.1) is 11.3 Å². The number of thiazole rings is 1. The molecular formula is C18H20N4O2S. The summed E-state index contributed by atoms with van der Waals surface area (Å²) in [5.74, 6) is 0.883. The minimum atomic E-state index is -0.00346. The molecule has 7 heteroatoms. The Kier molecular flexibility index (Phi) is 4.42. The molecule has 0 unspecified atom stereocenters. The van der Waals surface area contributed by atoms with E-state index in [9.17, 15) is 4.79 Å². The molecule has 3 aromatic rings. The fourth-order valence-electron chi connectivity index (χ4n) is 3.17. The third-order valence-electron chi connectivity index (χ3n) is 4.53. The van der Waals surface area contributed by atoms with E-state index >= 15 is 0 Å². The van der Waals surface area contributed by atoms with Crippen LogP contribution < -0.4 is 15.2 Å². The Hall–Kier alpha value is -2.38. The lowest BCUT2D eigenvalue weighted by molar-refractivity contribution is 0.247. The molecule has 0 atom stereocenters. The van der Waals surface area contributed by atoms with Gasteiger partial charge in [0.25, 0.3) is 5.56 Å². The van der Waals surface area contributed by atoms with Crippen LogP contribution in [0, 0.1) is 0 Å². The van der Waals surface area contributed by atoms with Crippen LogP contribution in [0.5, 0.6) is 5.75 Å². The van der Waals surface area contributed by atoms with Crippen LogP contribution in [0.4, 0.5) is 5.69 Å². The van der Waals surface area contributed by atoms with Crippen LogP contribution in [-0.4, -0.2) is 47.6 Å². The highest BCUT2D eigenvalue weighted by Crippen LogP contribution is 2.22. The van der Waals surface area contributed by atoms with Gasteiger partial charge >= 0.3 is 0 Å². The molecular weight excluding hydrogens is 336 g/mol.